The second-order valence-corrected chi connectivity index (χ2v) is 11.1. The standard InChI is InChI=1S/C26H32N4O3S/c1-28(23-6-3-2-4-7-23)34(32,33)25-14-10-22(11-15-25)26(31)30-17-5-16-29(18-19-30)24-12-8-21(20-27)9-13-24/h8-15,23H,2-7,16-19H2,1H3. The van der Waals surface area contributed by atoms with Crippen molar-refractivity contribution in [3.63, 3.8) is 0 Å². The maximum Gasteiger partial charge on any atom is 0.253 e. The van der Waals surface area contributed by atoms with Gasteiger partial charge in [0, 0.05) is 50.5 Å². The van der Waals surface area contributed by atoms with Crippen LogP contribution in [0.4, 0.5) is 5.69 Å². The third-order valence-electron chi connectivity index (χ3n) is 7.01. The highest BCUT2D eigenvalue weighted by Crippen LogP contribution is 2.27. The molecule has 34 heavy (non-hydrogen) atoms. The molecule has 0 bridgehead atoms. The number of nitriles is 1. The summed E-state index contributed by atoms with van der Waals surface area (Å²) in [6.07, 6.45) is 5.95. The van der Waals surface area contributed by atoms with Crippen molar-refractivity contribution in [1.82, 2.24) is 9.21 Å². The summed E-state index contributed by atoms with van der Waals surface area (Å²) in [5.41, 5.74) is 2.18. The molecular weight excluding hydrogens is 448 g/mol. The lowest BCUT2D eigenvalue weighted by atomic mass is 9.96. The number of carbonyl (C=O) groups is 1. The number of amides is 1. The monoisotopic (exact) mass is 480 g/mol. The Labute approximate surface area is 202 Å². The molecule has 0 spiro atoms. The van der Waals surface area contributed by atoms with Gasteiger partial charge in [0.15, 0.2) is 0 Å². The predicted molar refractivity (Wildman–Crippen MR) is 132 cm³/mol. The molecular formula is C26H32N4O3S. The van der Waals surface area contributed by atoms with Gasteiger partial charge in [-0.25, -0.2) is 8.42 Å². The zero-order valence-electron chi connectivity index (χ0n) is 19.7. The Morgan fingerprint density at radius 3 is 2.24 bits per heavy atom. The Balaban J connectivity index is 1.40. The van der Waals surface area contributed by atoms with Gasteiger partial charge in [-0.2, -0.15) is 9.57 Å². The normalized spacial score (nSPS) is 17.9. The molecule has 180 valence electrons. The van der Waals surface area contributed by atoms with Gasteiger partial charge in [-0.15, -0.1) is 0 Å². The summed E-state index contributed by atoms with van der Waals surface area (Å²) >= 11 is 0. The molecule has 1 aliphatic carbocycles. The van der Waals surface area contributed by atoms with Crippen LogP contribution in [0.3, 0.4) is 0 Å². The van der Waals surface area contributed by atoms with E-state index in [9.17, 15) is 13.2 Å². The minimum absolute atomic E-state index is 0.0520. The van der Waals surface area contributed by atoms with E-state index in [0.717, 1.165) is 44.3 Å². The third kappa shape index (κ3) is 5.26. The second-order valence-electron chi connectivity index (χ2n) is 9.13. The van der Waals surface area contributed by atoms with Gasteiger partial charge in [0.1, 0.15) is 0 Å². The molecule has 1 heterocycles. The summed E-state index contributed by atoms with van der Waals surface area (Å²) in [6, 6.07) is 16.1. The van der Waals surface area contributed by atoms with E-state index in [-0.39, 0.29) is 16.8 Å². The van der Waals surface area contributed by atoms with Crippen molar-refractivity contribution < 1.29 is 13.2 Å². The highest BCUT2D eigenvalue weighted by atomic mass is 32.2. The topological polar surface area (TPSA) is 84.7 Å². The molecule has 0 radical (unpaired) electrons. The van der Waals surface area contributed by atoms with E-state index in [1.807, 2.05) is 29.2 Å². The fourth-order valence-corrected chi connectivity index (χ4v) is 6.30. The van der Waals surface area contributed by atoms with E-state index in [1.54, 1.807) is 31.3 Å². The van der Waals surface area contributed by atoms with Crippen molar-refractivity contribution in [3.8, 4) is 6.07 Å². The van der Waals surface area contributed by atoms with Crippen molar-refractivity contribution in [2.24, 2.45) is 0 Å². The maximum absolute atomic E-state index is 13.1. The molecule has 4 rings (SSSR count). The molecule has 7 nitrogen and oxygen atoms in total. The van der Waals surface area contributed by atoms with Crippen LogP contribution in [0.15, 0.2) is 53.4 Å². The van der Waals surface area contributed by atoms with Crippen LogP contribution >= 0.6 is 0 Å². The number of hydrogen-bond donors (Lipinski definition) is 0. The highest BCUT2D eigenvalue weighted by Gasteiger charge is 2.29. The average molecular weight is 481 g/mol. The first-order valence-corrected chi connectivity index (χ1v) is 13.5. The molecule has 8 heteroatoms. The van der Waals surface area contributed by atoms with Gasteiger partial charge in [0.2, 0.25) is 10.0 Å². The first kappa shape index (κ1) is 24.2. The van der Waals surface area contributed by atoms with Crippen molar-refractivity contribution >= 4 is 21.6 Å². The number of anilines is 1. The number of sulfonamides is 1. The quantitative estimate of drug-likeness (QED) is 0.649. The Kier molecular flexibility index (Phi) is 7.54. The smallest absolute Gasteiger partial charge is 0.253 e. The van der Waals surface area contributed by atoms with Crippen LogP contribution in [-0.2, 0) is 10.0 Å². The molecule has 2 aromatic rings. The van der Waals surface area contributed by atoms with Crippen LogP contribution in [0.2, 0.25) is 0 Å². The molecule has 1 saturated heterocycles. The Bertz CT molecular complexity index is 1130. The molecule has 2 fully saturated rings. The van der Waals surface area contributed by atoms with Crippen molar-refractivity contribution in [3.05, 3.63) is 59.7 Å². The number of benzene rings is 2. The summed E-state index contributed by atoms with van der Waals surface area (Å²) in [4.78, 5) is 17.4. The first-order chi connectivity index (χ1) is 16.4. The van der Waals surface area contributed by atoms with E-state index in [4.69, 9.17) is 5.26 Å². The van der Waals surface area contributed by atoms with Gasteiger partial charge >= 0.3 is 0 Å². The summed E-state index contributed by atoms with van der Waals surface area (Å²) < 4.78 is 27.7. The van der Waals surface area contributed by atoms with Crippen LogP contribution < -0.4 is 4.90 Å². The van der Waals surface area contributed by atoms with E-state index in [1.165, 1.54) is 10.7 Å². The van der Waals surface area contributed by atoms with Gasteiger partial charge in [0.25, 0.3) is 5.91 Å². The van der Waals surface area contributed by atoms with Gasteiger partial charge in [-0.05, 0) is 67.8 Å². The Morgan fingerprint density at radius 1 is 0.912 bits per heavy atom. The van der Waals surface area contributed by atoms with E-state index in [0.29, 0.717) is 30.8 Å². The van der Waals surface area contributed by atoms with E-state index >= 15 is 0 Å². The second kappa shape index (κ2) is 10.6. The number of nitrogens with zero attached hydrogens (tertiary/aromatic N) is 4. The van der Waals surface area contributed by atoms with Crippen LogP contribution in [0.1, 0.15) is 54.4 Å². The molecule has 2 aromatic carbocycles. The molecule has 0 atom stereocenters. The SMILES string of the molecule is CN(C1CCCCC1)S(=O)(=O)c1ccc(C(=O)N2CCCN(c3ccc(C#N)cc3)CC2)cc1. The lowest BCUT2D eigenvalue weighted by Gasteiger charge is -2.30. The summed E-state index contributed by atoms with van der Waals surface area (Å²) in [6.45, 7) is 2.77. The van der Waals surface area contributed by atoms with E-state index < -0.39 is 10.0 Å². The summed E-state index contributed by atoms with van der Waals surface area (Å²) in [5.74, 6) is -0.0775. The highest BCUT2D eigenvalue weighted by molar-refractivity contribution is 7.89. The van der Waals surface area contributed by atoms with Gasteiger partial charge < -0.3 is 9.80 Å². The fourth-order valence-electron chi connectivity index (χ4n) is 4.88. The third-order valence-corrected chi connectivity index (χ3v) is 8.94. The molecule has 2 aliphatic rings. The van der Waals surface area contributed by atoms with Crippen molar-refractivity contribution in [2.75, 3.05) is 38.1 Å². The molecule has 0 aromatic heterocycles. The first-order valence-electron chi connectivity index (χ1n) is 12.0. The zero-order valence-corrected chi connectivity index (χ0v) is 20.5. The van der Waals surface area contributed by atoms with Crippen molar-refractivity contribution in [1.29, 1.82) is 5.26 Å². The molecule has 1 saturated carbocycles. The minimum atomic E-state index is -3.57. The Morgan fingerprint density at radius 2 is 1.59 bits per heavy atom. The molecule has 0 unspecified atom stereocenters. The lowest BCUT2D eigenvalue weighted by molar-refractivity contribution is 0.0767. The molecule has 1 aliphatic heterocycles. The molecule has 0 N–H and O–H groups in total. The van der Waals surface area contributed by atoms with Crippen LogP contribution in [-0.4, -0.2) is 62.8 Å². The fraction of sp³-hybridized carbons (Fsp3) is 0.462. The molecule has 1 amide bonds. The summed E-state index contributed by atoms with van der Waals surface area (Å²) in [5, 5.41) is 8.99. The van der Waals surface area contributed by atoms with Crippen LogP contribution in [0.5, 0.6) is 0 Å². The predicted octanol–water partition coefficient (Wildman–Crippen LogP) is 3.86. The minimum Gasteiger partial charge on any atom is -0.370 e. The Hall–Kier alpha value is -2.89. The van der Waals surface area contributed by atoms with E-state index in [2.05, 4.69) is 11.0 Å². The van der Waals surface area contributed by atoms with Gasteiger partial charge in [-0.1, -0.05) is 19.3 Å². The average Bonchev–Trinajstić information content (AvgIpc) is 3.15. The van der Waals surface area contributed by atoms with Crippen molar-refractivity contribution in [2.45, 2.75) is 49.5 Å². The lowest BCUT2D eigenvalue weighted by Crippen LogP contribution is -2.38. The number of rotatable bonds is 5. The number of hydrogen-bond acceptors (Lipinski definition) is 5. The number of carbonyl (C=O) groups excluding carboxylic acids is 1. The van der Waals surface area contributed by atoms with Gasteiger partial charge in [0.05, 0.1) is 16.5 Å². The van der Waals surface area contributed by atoms with Crippen LogP contribution in [0, 0.1) is 11.3 Å². The zero-order chi connectivity index (χ0) is 24.1. The maximum atomic E-state index is 13.1. The largest absolute Gasteiger partial charge is 0.370 e. The van der Waals surface area contributed by atoms with Crippen LogP contribution in [0.25, 0.3) is 0 Å². The summed E-state index contributed by atoms with van der Waals surface area (Å²) in [7, 11) is -1.91. The van der Waals surface area contributed by atoms with Gasteiger partial charge in [-0.3, -0.25) is 4.79 Å².